The molecule has 0 saturated carbocycles. The van der Waals surface area contributed by atoms with Gasteiger partial charge >= 0.3 is 0 Å². The molecule has 0 spiro atoms. The highest BCUT2D eigenvalue weighted by molar-refractivity contribution is 5.91. The van der Waals surface area contributed by atoms with E-state index in [0.717, 1.165) is 48.8 Å². The summed E-state index contributed by atoms with van der Waals surface area (Å²) in [5.41, 5.74) is 16.0. The van der Waals surface area contributed by atoms with E-state index in [9.17, 15) is 0 Å². The lowest BCUT2D eigenvalue weighted by molar-refractivity contribution is 0.614. The fourth-order valence-electron chi connectivity index (χ4n) is 8.41. The number of aromatic nitrogens is 2. The van der Waals surface area contributed by atoms with Crippen LogP contribution in [0.15, 0.2) is 167 Å². The van der Waals surface area contributed by atoms with Crippen molar-refractivity contribution in [2.24, 2.45) is 0 Å². The Bertz CT molecular complexity index is 2550. The van der Waals surface area contributed by atoms with Crippen molar-refractivity contribution < 1.29 is 4.42 Å². The predicted octanol–water partition coefficient (Wildman–Crippen LogP) is 11.5. The van der Waals surface area contributed by atoms with E-state index < -0.39 is 0 Å². The van der Waals surface area contributed by atoms with Gasteiger partial charge in [0.1, 0.15) is 5.52 Å². The first-order chi connectivity index (χ1) is 25.3. The van der Waals surface area contributed by atoms with Crippen molar-refractivity contribution in [3.63, 3.8) is 0 Å². The highest BCUT2D eigenvalue weighted by Crippen LogP contribution is 2.41. The van der Waals surface area contributed by atoms with Crippen molar-refractivity contribution in [1.82, 2.24) is 9.55 Å². The Morgan fingerprint density at radius 2 is 1.41 bits per heavy atom. The highest BCUT2D eigenvalue weighted by Gasteiger charge is 2.29. The smallest absolute Gasteiger partial charge is 0.227 e. The molecule has 4 nitrogen and oxygen atoms in total. The molecule has 0 amide bonds. The number of aryl methyl sites for hydroxylation is 1. The number of rotatable bonds is 6. The number of fused-ring (bicyclic) bond motifs is 6. The van der Waals surface area contributed by atoms with Gasteiger partial charge in [0, 0.05) is 39.3 Å². The molecule has 3 aliphatic carbocycles. The average Bonchev–Trinajstić information content (AvgIpc) is 3.79. The minimum atomic E-state index is 0.210. The van der Waals surface area contributed by atoms with Crippen molar-refractivity contribution in [2.75, 3.05) is 4.90 Å². The van der Waals surface area contributed by atoms with Crippen LogP contribution < -0.4 is 4.90 Å². The van der Waals surface area contributed by atoms with Crippen LogP contribution in [0.5, 0.6) is 0 Å². The molecular formula is C47H37N3O. The molecule has 0 N–H and O–H groups in total. The van der Waals surface area contributed by atoms with Crippen LogP contribution in [0.3, 0.4) is 0 Å². The molecule has 1 unspecified atom stereocenters. The van der Waals surface area contributed by atoms with Gasteiger partial charge in [-0.2, -0.15) is 0 Å². The van der Waals surface area contributed by atoms with Crippen molar-refractivity contribution >= 4 is 39.8 Å². The molecule has 0 fully saturated rings. The van der Waals surface area contributed by atoms with E-state index in [0.29, 0.717) is 5.89 Å². The van der Waals surface area contributed by atoms with E-state index in [1.165, 1.54) is 61.5 Å². The lowest BCUT2D eigenvalue weighted by Crippen LogP contribution is -2.36. The Hall–Kier alpha value is -6.13. The highest BCUT2D eigenvalue weighted by atomic mass is 16.3. The maximum Gasteiger partial charge on any atom is 0.227 e. The van der Waals surface area contributed by atoms with Crippen molar-refractivity contribution in [3.05, 3.63) is 185 Å². The number of allylic oxidation sites excluding steroid dienone is 5. The molecule has 7 aromatic rings. The molecule has 0 bridgehead atoms. The Morgan fingerprint density at radius 3 is 2.22 bits per heavy atom. The maximum atomic E-state index is 6.37. The lowest BCUT2D eigenvalue weighted by atomic mass is 9.84. The summed E-state index contributed by atoms with van der Waals surface area (Å²) in [4.78, 5) is 7.39. The zero-order valence-electron chi connectivity index (χ0n) is 28.4. The number of hydrogen-bond acceptors (Lipinski definition) is 3. The van der Waals surface area contributed by atoms with Gasteiger partial charge in [-0.15, -0.1) is 0 Å². The summed E-state index contributed by atoms with van der Waals surface area (Å²) in [5.74, 6) is 0.690. The second-order valence-electron chi connectivity index (χ2n) is 13.8. The van der Waals surface area contributed by atoms with Crippen LogP contribution >= 0.6 is 0 Å². The van der Waals surface area contributed by atoms with Gasteiger partial charge in [0.05, 0.1) is 11.6 Å². The molecule has 0 radical (unpaired) electrons. The van der Waals surface area contributed by atoms with Crippen LogP contribution in [0.2, 0.25) is 0 Å². The molecule has 10 rings (SSSR count). The van der Waals surface area contributed by atoms with Crippen LogP contribution in [0.4, 0.5) is 5.69 Å². The third-order valence-corrected chi connectivity index (χ3v) is 10.8. The van der Waals surface area contributed by atoms with Crippen molar-refractivity contribution in [2.45, 2.75) is 38.1 Å². The fourth-order valence-corrected chi connectivity index (χ4v) is 8.41. The molecule has 2 aromatic heterocycles. The molecule has 0 aliphatic heterocycles. The first-order valence-corrected chi connectivity index (χ1v) is 18.1. The summed E-state index contributed by atoms with van der Waals surface area (Å²) in [6.07, 6.45) is 16.8. The third kappa shape index (κ3) is 5.18. The van der Waals surface area contributed by atoms with Gasteiger partial charge in [-0.1, -0.05) is 97.1 Å². The summed E-state index contributed by atoms with van der Waals surface area (Å²) >= 11 is 0. The third-order valence-electron chi connectivity index (χ3n) is 10.8. The van der Waals surface area contributed by atoms with Crippen LogP contribution in [-0.4, -0.2) is 15.6 Å². The first kappa shape index (κ1) is 29.8. The van der Waals surface area contributed by atoms with E-state index in [1.807, 2.05) is 18.2 Å². The number of para-hydroxylation sites is 3. The maximum absolute atomic E-state index is 6.37. The number of benzene rings is 5. The van der Waals surface area contributed by atoms with Gasteiger partial charge in [-0.3, -0.25) is 0 Å². The quantitative estimate of drug-likeness (QED) is 0.178. The van der Waals surface area contributed by atoms with Gasteiger partial charge in [0.15, 0.2) is 5.58 Å². The van der Waals surface area contributed by atoms with Crippen LogP contribution in [-0.2, 0) is 12.8 Å². The van der Waals surface area contributed by atoms with Gasteiger partial charge in [-0.05, 0) is 115 Å². The van der Waals surface area contributed by atoms with Crippen molar-refractivity contribution in [1.29, 1.82) is 0 Å². The van der Waals surface area contributed by atoms with E-state index in [2.05, 4.69) is 149 Å². The second-order valence-corrected chi connectivity index (χ2v) is 13.8. The van der Waals surface area contributed by atoms with E-state index in [-0.39, 0.29) is 6.04 Å². The molecule has 5 aromatic carbocycles. The van der Waals surface area contributed by atoms with Crippen LogP contribution in [0.25, 0.3) is 51.3 Å². The molecule has 2 heterocycles. The van der Waals surface area contributed by atoms with Gasteiger partial charge in [0.25, 0.3) is 0 Å². The molecule has 246 valence electrons. The normalized spacial score (nSPS) is 16.7. The Labute approximate surface area is 298 Å². The Kier molecular flexibility index (Phi) is 7.19. The molecule has 1 atom stereocenters. The zero-order valence-corrected chi connectivity index (χ0v) is 28.4. The summed E-state index contributed by atoms with van der Waals surface area (Å²) in [7, 11) is 0. The predicted molar refractivity (Wildman–Crippen MR) is 210 cm³/mol. The second kappa shape index (κ2) is 12.3. The summed E-state index contributed by atoms with van der Waals surface area (Å²) in [5, 5.41) is 1.34. The monoisotopic (exact) mass is 659 g/mol. The number of oxazole rings is 1. The standard InChI is InChI=1S/C47H37N3O/c1-4-12-33(13-5-1)47-48-43-28-23-35-30-34(22-27-40(35)46(43)51-47)32-20-24-38(25-21-32)49(36-14-6-2-7-15-36)39-26-29-45-42(31-39)41-18-10-11-19-44(41)50(45)37-16-8-3-9-17-37/h1-20,23-24,26,28-30,39H,21-22,25,27,31H2. The van der Waals surface area contributed by atoms with Crippen LogP contribution in [0, 0.1) is 0 Å². The van der Waals surface area contributed by atoms with E-state index >= 15 is 0 Å². The summed E-state index contributed by atoms with van der Waals surface area (Å²) in [6.45, 7) is 0. The molecule has 0 saturated heterocycles. The minimum Gasteiger partial charge on any atom is -0.436 e. The van der Waals surface area contributed by atoms with Crippen LogP contribution in [0.1, 0.15) is 41.6 Å². The van der Waals surface area contributed by atoms with Gasteiger partial charge < -0.3 is 13.9 Å². The first-order valence-electron chi connectivity index (χ1n) is 18.1. The van der Waals surface area contributed by atoms with Gasteiger partial charge in [-0.25, -0.2) is 4.98 Å². The van der Waals surface area contributed by atoms with Gasteiger partial charge in [0.2, 0.25) is 5.89 Å². The number of hydrogen-bond donors (Lipinski definition) is 0. The molecule has 3 aliphatic rings. The Balaban J connectivity index is 0.979. The molecule has 4 heteroatoms. The topological polar surface area (TPSA) is 34.2 Å². The summed E-state index contributed by atoms with van der Waals surface area (Å²) in [6, 6.07) is 45.3. The zero-order chi connectivity index (χ0) is 33.7. The Morgan fingerprint density at radius 1 is 0.667 bits per heavy atom. The molecule has 51 heavy (non-hydrogen) atoms. The minimum absolute atomic E-state index is 0.210. The molecular weight excluding hydrogens is 623 g/mol. The van der Waals surface area contributed by atoms with E-state index in [4.69, 9.17) is 9.40 Å². The number of anilines is 1. The number of nitrogens with zero attached hydrogens (tertiary/aromatic N) is 3. The van der Waals surface area contributed by atoms with Crippen molar-refractivity contribution in [3.8, 4) is 17.1 Å². The lowest BCUT2D eigenvalue weighted by Gasteiger charge is -2.37. The SMILES string of the molecule is C1=CC(N(C2=CC=C(C3=Cc4ccc5nc(-c6ccccc6)oc5c4CC3)CC2)c2ccccc2)Cc2c1n(-c1ccccc1)c1ccccc21. The fraction of sp³-hybridized carbons (Fsp3) is 0.128. The summed E-state index contributed by atoms with van der Waals surface area (Å²) < 4.78 is 8.79. The van der Waals surface area contributed by atoms with E-state index in [1.54, 1.807) is 0 Å². The largest absolute Gasteiger partial charge is 0.436 e. The average molecular weight is 660 g/mol.